The van der Waals surface area contributed by atoms with Gasteiger partial charge in [0.05, 0.1) is 32.0 Å². The Hall–Kier alpha value is -1.01. The number of unbranched alkanes of at least 4 members (excludes halogenated alkanes) is 19. The molecule has 2 saturated heterocycles. The summed E-state index contributed by atoms with van der Waals surface area (Å²) in [6.07, 6.45) is 8.43. The Morgan fingerprint density at radius 2 is 1.04 bits per heavy atom. The van der Waals surface area contributed by atoms with Crippen LogP contribution in [0.25, 0.3) is 0 Å². The van der Waals surface area contributed by atoms with Crippen LogP contribution in [0, 0.1) is 0 Å². The number of aliphatic hydroxyl groups excluding tert-OH is 8. The van der Waals surface area contributed by atoms with E-state index in [1.807, 2.05) is 0 Å². The molecule has 2 aliphatic heterocycles. The molecule has 0 radical (unpaired) electrons. The zero-order chi connectivity index (χ0) is 40.4. The molecular weight excluding hydrogens is 714 g/mol. The molecule has 0 aliphatic carbocycles. The Kier molecular flexibility index (Phi) is 27.4. The molecule has 326 valence electrons. The van der Waals surface area contributed by atoms with Gasteiger partial charge in [0.15, 0.2) is 12.6 Å². The van der Waals surface area contributed by atoms with E-state index in [0.717, 1.165) is 51.4 Å². The quantitative estimate of drug-likeness (QED) is 0.0445. The second kappa shape index (κ2) is 30.1. The summed E-state index contributed by atoms with van der Waals surface area (Å²) < 4.78 is 22.6. The Bertz CT molecular complexity index is 946. The lowest BCUT2D eigenvalue weighted by molar-refractivity contribution is -0.359. The van der Waals surface area contributed by atoms with Crippen molar-refractivity contribution in [1.82, 2.24) is 5.32 Å². The summed E-state index contributed by atoms with van der Waals surface area (Å²) in [6.45, 7) is 2.79. The molecule has 0 bridgehead atoms. The summed E-state index contributed by atoms with van der Waals surface area (Å²) in [5, 5.41) is 86.3. The van der Waals surface area contributed by atoms with E-state index in [-0.39, 0.29) is 12.5 Å². The fraction of sp³-hybridized carbons (Fsp3) is 0.976. The second-order valence-corrected chi connectivity index (χ2v) is 15.8. The fourth-order valence-electron chi connectivity index (χ4n) is 7.41. The van der Waals surface area contributed by atoms with Crippen molar-refractivity contribution < 1.29 is 64.6 Å². The summed E-state index contributed by atoms with van der Waals surface area (Å²) >= 11 is 0. The van der Waals surface area contributed by atoms with Gasteiger partial charge in [-0.3, -0.25) is 4.79 Å². The molecule has 55 heavy (non-hydrogen) atoms. The monoisotopic (exact) mass is 794 g/mol. The fourth-order valence-corrected chi connectivity index (χ4v) is 7.41. The first kappa shape index (κ1) is 50.1. The number of carbonyl (C=O) groups is 1. The highest BCUT2D eigenvalue weighted by molar-refractivity contribution is 5.76. The van der Waals surface area contributed by atoms with E-state index >= 15 is 0 Å². The average Bonchev–Trinajstić information content (AvgIpc) is 3.18. The maximum Gasteiger partial charge on any atom is 0.220 e. The number of amides is 1. The summed E-state index contributed by atoms with van der Waals surface area (Å²) in [7, 11) is 0. The summed E-state index contributed by atoms with van der Waals surface area (Å²) in [4.78, 5) is 13.0. The number of carbonyl (C=O) groups excluding carboxylic acids is 1. The summed E-state index contributed by atoms with van der Waals surface area (Å²) in [5.41, 5.74) is 0. The van der Waals surface area contributed by atoms with Crippen LogP contribution in [0.15, 0.2) is 0 Å². The molecule has 1 amide bonds. The minimum atomic E-state index is -1.78. The van der Waals surface area contributed by atoms with E-state index in [4.69, 9.17) is 18.9 Å². The molecule has 0 aromatic heterocycles. The molecule has 14 heteroatoms. The molecule has 9 N–H and O–H groups in total. The molecule has 2 fully saturated rings. The van der Waals surface area contributed by atoms with Crippen LogP contribution in [0.3, 0.4) is 0 Å². The summed E-state index contributed by atoms with van der Waals surface area (Å²) in [6, 6.07) is -0.817. The maximum absolute atomic E-state index is 13.0. The molecule has 2 heterocycles. The van der Waals surface area contributed by atoms with Gasteiger partial charge in [-0.1, -0.05) is 142 Å². The van der Waals surface area contributed by atoms with Gasteiger partial charge in [-0.05, 0) is 12.8 Å². The molecule has 14 nitrogen and oxygen atoms in total. The van der Waals surface area contributed by atoms with Crippen molar-refractivity contribution in [3.05, 3.63) is 0 Å². The SMILES string of the molecule is CCCCCCCCCCCCCCC(=O)NC(COC1OC(CO)C(OC2OC(CO)C(O)C(O)C2O)C(O)C1O)C(O)CCCCCCCCCCC. The third-order valence-electron chi connectivity index (χ3n) is 11.1. The van der Waals surface area contributed by atoms with E-state index in [1.165, 1.54) is 83.5 Å². The van der Waals surface area contributed by atoms with Crippen LogP contribution in [0.5, 0.6) is 0 Å². The topological polar surface area (TPSA) is 228 Å². The van der Waals surface area contributed by atoms with Gasteiger partial charge >= 0.3 is 0 Å². The van der Waals surface area contributed by atoms with Gasteiger partial charge in [-0.2, -0.15) is 0 Å². The molecule has 12 atom stereocenters. The molecule has 0 aromatic carbocycles. The average molecular weight is 794 g/mol. The van der Waals surface area contributed by atoms with Crippen molar-refractivity contribution in [1.29, 1.82) is 0 Å². The van der Waals surface area contributed by atoms with Gasteiger partial charge in [0.1, 0.15) is 48.8 Å². The molecule has 0 aromatic rings. The van der Waals surface area contributed by atoms with Crippen LogP contribution in [0.4, 0.5) is 0 Å². The third kappa shape index (κ3) is 19.1. The van der Waals surface area contributed by atoms with Gasteiger partial charge in [-0.25, -0.2) is 0 Å². The van der Waals surface area contributed by atoms with E-state index < -0.39 is 86.8 Å². The van der Waals surface area contributed by atoms with Gasteiger partial charge in [-0.15, -0.1) is 0 Å². The van der Waals surface area contributed by atoms with Crippen LogP contribution in [-0.2, 0) is 23.7 Å². The first-order valence-electron chi connectivity index (χ1n) is 21.8. The van der Waals surface area contributed by atoms with Crippen LogP contribution < -0.4 is 5.32 Å². The van der Waals surface area contributed by atoms with Crippen molar-refractivity contribution in [3.63, 3.8) is 0 Å². The predicted octanol–water partition coefficient (Wildman–Crippen LogP) is 3.48. The van der Waals surface area contributed by atoms with Crippen molar-refractivity contribution >= 4 is 5.91 Å². The zero-order valence-electron chi connectivity index (χ0n) is 33.9. The molecule has 0 spiro atoms. The van der Waals surface area contributed by atoms with Gasteiger partial charge < -0.3 is 65.1 Å². The van der Waals surface area contributed by atoms with E-state index in [1.54, 1.807) is 0 Å². The van der Waals surface area contributed by atoms with E-state index in [0.29, 0.717) is 12.8 Å². The van der Waals surface area contributed by atoms with Crippen molar-refractivity contribution in [2.45, 2.75) is 235 Å². The van der Waals surface area contributed by atoms with Gasteiger partial charge in [0.25, 0.3) is 0 Å². The Morgan fingerprint density at radius 1 is 0.582 bits per heavy atom. The number of ether oxygens (including phenoxy) is 4. The zero-order valence-corrected chi connectivity index (χ0v) is 33.9. The van der Waals surface area contributed by atoms with E-state index in [2.05, 4.69) is 19.2 Å². The van der Waals surface area contributed by atoms with Crippen molar-refractivity contribution in [2.24, 2.45) is 0 Å². The number of rotatable bonds is 32. The smallest absolute Gasteiger partial charge is 0.220 e. The Morgan fingerprint density at radius 3 is 1.55 bits per heavy atom. The highest BCUT2D eigenvalue weighted by Crippen LogP contribution is 2.30. The third-order valence-corrected chi connectivity index (χ3v) is 11.1. The lowest BCUT2D eigenvalue weighted by atomic mass is 9.97. The van der Waals surface area contributed by atoms with Gasteiger partial charge in [0.2, 0.25) is 5.91 Å². The van der Waals surface area contributed by atoms with Crippen LogP contribution in [0.1, 0.15) is 162 Å². The Labute approximate surface area is 330 Å². The van der Waals surface area contributed by atoms with Crippen molar-refractivity contribution in [3.8, 4) is 0 Å². The Balaban J connectivity index is 1.90. The standard InChI is InChI=1S/C41H79NO13/c1-3-5-7-9-11-13-14-15-17-19-21-23-25-33(46)42-29(30(45)24-22-20-18-16-12-10-8-6-4-2)28-52-40-38(51)36(49)39(32(27-44)54-40)55-41-37(50)35(48)34(47)31(26-43)53-41/h29-32,34-41,43-45,47-51H,3-28H2,1-2H3,(H,42,46). The van der Waals surface area contributed by atoms with Crippen LogP contribution in [0.2, 0.25) is 0 Å². The molecule has 12 unspecified atom stereocenters. The first-order chi connectivity index (χ1) is 26.6. The number of hydrogen-bond acceptors (Lipinski definition) is 13. The maximum atomic E-state index is 13.0. The molecule has 0 saturated carbocycles. The largest absolute Gasteiger partial charge is 0.394 e. The molecule has 2 rings (SSSR count). The lowest BCUT2D eigenvalue weighted by Crippen LogP contribution is -2.65. The lowest BCUT2D eigenvalue weighted by Gasteiger charge is -2.46. The number of aliphatic hydroxyl groups is 8. The number of hydrogen-bond donors (Lipinski definition) is 9. The van der Waals surface area contributed by atoms with Crippen LogP contribution in [-0.4, -0.2) is 140 Å². The minimum absolute atomic E-state index is 0.210. The highest BCUT2D eigenvalue weighted by Gasteiger charge is 2.51. The molecule has 2 aliphatic rings. The van der Waals surface area contributed by atoms with E-state index in [9.17, 15) is 45.6 Å². The first-order valence-corrected chi connectivity index (χ1v) is 21.8. The predicted molar refractivity (Wildman–Crippen MR) is 208 cm³/mol. The van der Waals surface area contributed by atoms with Gasteiger partial charge in [0, 0.05) is 6.42 Å². The normalized spacial score (nSPS) is 29.6. The van der Waals surface area contributed by atoms with Crippen LogP contribution >= 0.6 is 0 Å². The minimum Gasteiger partial charge on any atom is -0.394 e. The second-order valence-electron chi connectivity index (χ2n) is 15.8. The summed E-state index contributed by atoms with van der Waals surface area (Å²) in [5.74, 6) is -0.210. The number of nitrogens with one attached hydrogen (secondary N) is 1. The molecular formula is C41H79NO13. The highest BCUT2D eigenvalue weighted by atomic mass is 16.7. The van der Waals surface area contributed by atoms with Crippen molar-refractivity contribution in [2.75, 3.05) is 19.8 Å².